The maximum absolute atomic E-state index is 13.6. The number of aromatic nitrogens is 2. The van der Waals surface area contributed by atoms with Crippen molar-refractivity contribution in [1.82, 2.24) is 9.55 Å². The van der Waals surface area contributed by atoms with Gasteiger partial charge < -0.3 is 4.57 Å². The number of fused-ring (bicyclic) bond motifs is 1. The molecule has 2 aromatic rings. The Bertz CT molecular complexity index is 671. The highest BCUT2D eigenvalue weighted by Crippen LogP contribution is 2.32. The Labute approximate surface area is 130 Å². The van der Waals surface area contributed by atoms with Crippen LogP contribution in [0.5, 0.6) is 0 Å². The first-order chi connectivity index (χ1) is 9.63. The summed E-state index contributed by atoms with van der Waals surface area (Å²) in [6.45, 7) is 0.139. The summed E-state index contributed by atoms with van der Waals surface area (Å²) >= 11 is 8.79. The van der Waals surface area contributed by atoms with Gasteiger partial charge in [-0.3, -0.25) is 0 Å². The van der Waals surface area contributed by atoms with Crippen molar-refractivity contribution in [1.29, 1.82) is 0 Å². The van der Waals surface area contributed by atoms with Crippen molar-refractivity contribution < 1.29 is 22.0 Å². The molecule has 2 nitrogen and oxygen atoms in total. The van der Waals surface area contributed by atoms with Gasteiger partial charge in [-0.05, 0) is 28.9 Å². The minimum atomic E-state index is -4.27. The predicted octanol–water partition coefficient (Wildman–Crippen LogP) is 5.14. The van der Waals surface area contributed by atoms with Crippen LogP contribution in [-0.2, 0) is 6.54 Å². The van der Waals surface area contributed by atoms with Gasteiger partial charge in [-0.25, -0.2) is 18.2 Å². The monoisotopic (exact) mass is 390 g/mol. The molecule has 0 fully saturated rings. The largest absolute Gasteiger partial charge is 0.324 e. The van der Waals surface area contributed by atoms with Crippen LogP contribution in [0.25, 0.3) is 11.0 Å². The van der Waals surface area contributed by atoms with Crippen molar-refractivity contribution in [3.63, 3.8) is 0 Å². The molecular weight excluding hydrogens is 382 g/mol. The van der Waals surface area contributed by atoms with Gasteiger partial charge >= 0.3 is 12.3 Å². The zero-order chi connectivity index (χ0) is 15.9. The van der Waals surface area contributed by atoms with Crippen LogP contribution >= 0.6 is 27.5 Å². The molecule has 1 atom stereocenters. The highest BCUT2D eigenvalue weighted by atomic mass is 79.9. The normalized spacial score (nSPS) is 14.1. The molecular formula is C12H9BrClF5N2. The van der Waals surface area contributed by atoms with Crippen molar-refractivity contribution in [2.24, 2.45) is 0 Å². The average Bonchev–Trinajstić information content (AvgIpc) is 2.68. The lowest BCUT2D eigenvalue weighted by Crippen LogP contribution is -2.32. The van der Waals surface area contributed by atoms with E-state index in [2.05, 4.69) is 20.9 Å². The molecule has 0 saturated heterocycles. The maximum Gasteiger partial charge on any atom is 0.324 e. The van der Waals surface area contributed by atoms with Crippen molar-refractivity contribution in [3.05, 3.63) is 28.2 Å². The third kappa shape index (κ3) is 3.15. The third-order valence-electron chi connectivity index (χ3n) is 2.86. The summed E-state index contributed by atoms with van der Waals surface area (Å²) in [4.78, 5) is 4.01. The molecule has 0 amide bonds. The maximum atomic E-state index is 13.6. The van der Waals surface area contributed by atoms with Crippen LogP contribution in [0.2, 0.25) is 0 Å². The van der Waals surface area contributed by atoms with Crippen LogP contribution in [0.3, 0.4) is 0 Å². The lowest BCUT2D eigenvalue weighted by Gasteiger charge is -2.18. The van der Waals surface area contributed by atoms with Gasteiger partial charge in [-0.2, -0.15) is 8.78 Å². The number of rotatable bonds is 4. The zero-order valence-corrected chi connectivity index (χ0v) is 12.9. The molecule has 9 heteroatoms. The Balaban J connectivity index is 2.64. The standard InChI is InChI=1S/C12H9BrClF5N2/c1-5(14)10-20-8-2-6(13)7(15)3-9(8)21(10)4-12(18,19)11(16)17/h2-3,5,11H,4H2,1H3. The number of benzene rings is 1. The fourth-order valence-corrected chi connectivity index (χ4v) is 2.39. The first kappa shape index (κ1) is 16.5. The van der Waals surface area contributed by atoms with Crippen molar-refractivity contribution in [2.45, 2.75) is 31.2 Å². The highest BCUT2D eigenvalue weighted by molar-refractivity contribution is 9.10. The van der Waals surface area contributed by atoms with Gasteiger partial charge in [0.1, 0.15) is 11.6 Å². The van der Waals surface area contributed by atoms with Gasteiger partial charge in [-0.1, -0.05) is 0 Å². The molecule has 0 bridgehead atoms. The second-order valence-electron chi connectivity index (χ2n) is 4.49. The Morgan fingerprint density at radius 2 is 2.00 bits per heavy atom. The third-order valence-corrected chi connectivity index (χ3v) is 3.67. The second kappa shape index (κ2) is 5.72. The van der Waals surface area contributed by atoms with Crippen LogP contribution < -0.4 is 0 Å². The SMILES string of the molecule is CC(Cl)c1nc2cc(Br)c(F)cc2n1CC(F)(F)C(F)F. The van der Waals surface area contributed by atoms with Crippen molar-refractivity contribution in [3.8, 4) is 0 Å². The molecule has 21 heavy (non-hydrogen) atoms. The summed E-state index contributed by atoms with van der Waals surface area (Å²) < 4.78 is 65.9. The number of imidazole rings is 1. The number of nitrogens with zero attached hydrogens (tertiary/aromatic N) is 2. The molecule has 0 aliphatic carbocycles. The Morgan fingerprint density at radius 3 is 2.52 bits per heavy atom. The van der Waals surface area contributed by atoms with E-state index >= 15 is 0 Å². The summed E-state index contributed by atoms with van der Waals surface area (Å²) in [5.74, 6) is -5.00. The van der Waals surface area contributed by atoms with Gasteiger partial charge in [0.25, 0.3) is 0 Å². The lowest BCUT2D eigenvalue weighted by molar-refractivity contribution is -0.137. The average molecular weight is 392 g/mol. The first-order valence-corrected chi connectivity index (χ1v) is 7.01. The Morgan fingerprint density at radius 1 is 1.38 bits per heavy atom. The van der Waals surface area contributed by atoms with Crippen LogP contribution in [0, 0.1) is 5.82 Å². The van der Waals surface area contributed by atoms with Crippen LogP contribution in [0.4, 0.5) is 22.0 Å². The summed E-state index contributed by atoms with van der Waals surface area (Å²) in [5.41, 5.74) is 0.175. The van der Waals surface area contributed by atoms with Gasteiger partial charge in [0.05, 0.1) is 27.4 Å². The van der Waals surface area contributed by atoms with Gasteiger partial charge in [0, 0.05) is 6.07 Å². The first-order valence-electron chi connectivity index (χ1n) is 5.78. The molecule has 116 valence electrons. The minimum absolute atomic E-state index is 0.0153. The van der Waals surface area contributed by atoms with Crippen LogP contribution in [0.1, 0.15) is 18.1 Å². The molecule has 2 rings (SSSR count). The summed E-state index contributed by atoms with van der Waals surface area (Å²) in [5, 5.41) is -0.798. The molecule has 0 aliphatic rings. The van der Waals surface area contributed by atoms with Gasteiger partial charge in [-0.15, -0.1) is 11.6 Å². The Kier molecular flexibility index (Phi) is 4.49. The van der Waals surface area contributed by atoms with E-state index in [1.165, 1.54) is 13.0 Å². The molecule has 1 aromatic carbocycles. The molecule has 0 saturated carbocycles. The molecule has 0 spiro atoms. The molecule has 1 heterocycles. The van der Waals surface area contributed by atoms with E-state index in [0.717, 1.165) is 10.6 Å². The molecule has 0 N–H and O–H groups in total. The topological polar surface area (TPSA) is 17.8 Å². The summed E-state index contributed by atoms with van der Waals surface area (Å²) in [6.07, 6.45) is -3.84. The Hall–Kier alpha value is -0.890. The number of alkyl halides is 5. The van der Waals surface area contributed by atoms with Gasteiger partial charge in [0.15, 0.2) is 0 Å². The fourth-order valence-electron chi connectivity index (χ4n) is 1.89. The van der Waals surface area contributed by atoms with E-state index in [-0.39, 0.29) is 21.3 Å². The quantitative estimate of drug-likeness (QED) is 0.521. The van der Waals surface area contributed by atoms with E-state index in [0.29, 0.717) is 0 Å². The molecule has 1 aromatic heterocycles. The van der Waals surface area contributed by atoms with E-state index in [1.54, 1.807) is 0 Å². The fraction of sp³-hybridized carbons (Fsp3) is 0.417. The minimum Gasteiger partial charge on any atom is -0.320 e. The van der Waals surface area contributed by atoms with Crippen molar-refractivity contribution in [2.75, 3.05) is 0 Å². The van der Waals surface area contributed by atoms with E-state index in [1.807, 2.05) is 0 Å². The molecule has 0 radical (unpaired) electrons. The zero-order valence-electron chi connectivity index (χ0n) is 10.6. The summed E-state index contributed by atoms with van der Waals surface area (Å²) in [6, 6.07) is 2.24. The van der Waals surface area contributed by atoms with Gasteiger partial charge in [0.2, 0.25) is 0 Å². The van der Waals surface area contributed by atoms with Crippen LogP contribution in [-0.4, -0.2) is 21.9 Å². The lowest BCUT2D eigenvalue weighted by atomic mass is 10.3. The second-order valence-corrected chi connectivity index (χ2v) is 6.00. The smallest absolute Gasteiger partial charge is 0.320 e. The van der Waals surface area contributed by atoms with E-state index in [4.69, 9.17) is 11.6 Å². The van der Waals surface area contributed by atoms with Crippen LogP contribution in [0.15, 0.2) is 16.6 Å². The van der Waals surface area contributed by atoms with Crippen molar-refractivity contribution >= 4 is 38.6 Å². The highest BCUT2D eigenvalue weighted by Gasteiger charge is 2.42. The predicted molar refractivity (Wildman–Crippen MR) is 72.6 cm³/mol. The molecule has 0 aliphatic heterocycles. The molecule has 1 unspecified atom stereocenters. The summed E-state index contributed by atoms with van der Waals surface area (Å²) in [7, 11) is 0. The number of halogens is 7. The number of hydrogen-bond donors (Lipinski definition) is 0. The van der Waals surface area contributed by atoms with E-state index < -0.39 is 30.1 Å². The van der Waals surface area contributed by atoms with E-state index in [9.17, 15) is 22.0 Å². The number of hydrogen-bond acceptors (Lipinski definition) is 1.